The van der Waals surface area contributed by atoms with Gasteiger partial charge in [-0.2, -0.15) is 0 Å². The van der Waals surface area contributed by atoms with Crippen molar-refractivity contribution in [3.8, 4) is 0 Å². The molecule has 27 heavy (non-hydrogen) atoms. The van der Waals surface area contributed by atoms with Crippen LogP contribution in [0.25, 0.3) is 0 Å². The third-order valence-electron chi connectivity index (χ3n) is 6.46. The molecule has 2 fully saturated rings. The highest BCUT2D eigenvalue weighted by molar-refractivity contribution is 5.42. The molecule has 2 saturated heterocycles. The summed E-state index contributed by atoms with van der Waals surface area (Å²) in [6.07, 6.45) is 5.16. The molecule has 2 unspecified atom stereocenters. The predicted molar refractivity (Wildman–Crippen MR) is 104 cm³/mol. The second-order valence-electron chi connectivity index (χ2n) is 9.52. The van der Waals surface area contributed by atoms with Crippen LogP contribution in [-0.4, -0.2) is 46.2 Å². The lowest BCUT2D eigenvalue weighted by Crippen LogP contribution is -2.29. The maximum atomic E-state index is 5.53. The van der Waals surface area contributed by atoms with Crippen molar-refractivity contribution in [2.75, 3.05) is 31.1 Å². The van der Waals surface area contributed by atoms with E-state index in [9.17, 15) is 0 Å². The molecule has 0 aromatic carbocycles. The van der Waals surface area contributed by atoms with E-state index in [1.54, 1.807) is 6.33 Å². The van der Waals surface area contributed by atoms with E-state index in [1.807, 2.05) is 0 Å². The first-order chi connectivity index (χ1) is 13.0. The molecule has 3 aliphatic rings. The molecule has 0 bridgehead atoms. The Balaban J connectivity index is 1.23. The van der Waals surface area contributed by atoms with Crippen LogP contribution in [0.1, 0.15) is 49.9 Å². The van der Waals surface area contributed by atoms with Crippen LogP contribution < -0.4 is 4.90 Å². The summed E-state index contributed by atoms with van der Waals surface area (Å²) in [6.45, 7) is 12.1. The zero-order valence-corrected chi connectivity index (χ0v) is 16.6. The highest BCUT2D eigenvalue weighted by Gasteiger charge is 2.41. The maximum absolute atomic E-state index is 5.53. The summed E-state index contributed by atoms with van der Waals surface area (Å²) in [5.41, 5.74) is 3.75. The topological polar surface area (TPSA) is 58.3 Å². The molecule has 0 amide bonds. The van der Waals surface area contributed by atoms with Gasteiger partial charge in [0.2, 0.25) is 0 Å². The van der Waals surface area contributed by atoms with Crippen LogP contribution in [0.2, 0.25) is 0 Å². The standard InChI is InChI=1S/C21H29N5O/c1-21(2,3)19-7-20(23-13-22-19)26-10-14-8-25(9-15(14)11-26)12-17-16-5-4-6-18(16)27-24-17/h7,13-15H,4-6,8-12H2,1-3H3. The molecule has 6 heteroatoms. The third-order valence-corrected chi connectivity index (χ3v) is 6.46. The number of anilines is 1. The maximum Gasteiger partial charge on any atom is 0.140 e. The lowest BCUT2D eigenvalue weighted by Gasteiger charge is -2.24. The first-order valence-electron chi connectivity index (χ1n) is 10.2. The monoisotopic (exact) mass is 367 g/mol. The summed E-state index contributed by atoms with van der Waals surface area (Å²) >= 11 is 0. The number of fused-ring (bicyclic) bond motifs is 2. The van der Waals surface area contributed by atoms with Crippen LogP contribution in [0, 0.1) is 11.8 Å². The van der Waals surface area contributed by atoms with Gasteiger partial charge in [0.1, 0.15) is 23.6 Å². The van der Waals surface area contributed by atoms with Crippen LogP contribution in [0.15, 0.2) is 16.9 Å². The highest BCUT2D eigenvalue weighted by Crippen LogP contribution is 2.35. The molecule has 0 spiro atoms. The molecule has 2 aromatic heterocycles. The van der Waals surface area contributed by atoms with Gasteiger partial charge in [0.05, 0.1) is 5.69 Å². The van der Waals surface area contributed by atoms with E-state index >= 15 is 0 Å². The number of hydrogen-bond acceptors (Lipinski definition) is 6. The van der Waals surface area contributed by atoms with E-state index in [4.69, 9.17) is 4.52 Å². The second kappa shape index (κ2) is 6.30. The normalized spacial score (nSPS) is 25.2. The van der Waals surface area contributed by atoms with E-state index < -0.39 is 0 Å². The molecule has 2 atom stereocenters. The van der Waals surface area contributed by atoms with Crippen LogP contribution in [0.3, 0.4) is 0 Å². The smallest absolute Gasteiger partial charge is 0.140 e. The molecular formula is C21H29N5O. The fourth-order valence-corrected chi connectivity index (χ4v) is 4.96. The van der Waals surface area contributed by atoms with E-state index in [1.165, 1.54) is 17.7 Å². The summed E-state index contributed by atoms with van der Waals surface area (Å²) in [5, 5.41) is 4.35. The number of rotatable bonds is 3. The van der Waals surface area contributed by atoms with Gasteiger partial charge in [-0.05, 0) is 24.7 Å². The van der Waals surface area contributed by atoms with Gasteiger partial charge in [0, 0.05) is 56.2 Å². The van der Waals surface area contributed by atoms with E-state index in [-0.39, 0.29) is 5.41 Å². The minimum atomic E-state index is 0.0575. The van der Waals surface area contributed by atoms with Crippen molar-refractivity contribution in [2.45, 2.75) is 52.0 Å². The van der Waals surface area contributed by atoms with Gasteiger partial charge in [-0.3, -0.25) is 4.90 Å². The zero-order chi connectivity index (χ0) is 18.6. The van der Waals surface area contributed by atoms with Crippen LogP contribution in [0.4, 0.5) is 5.82 Å². The summed E-state index contributed by atoms with van der Waals surface area (Å²) in [5.74, 6) is 3.66. The number of aromatic nitrogens is 3. The van der Waals surface area contributed by atoms with Gasteiger partial charge in [-0.25, -0.2) is 9.97 Å². The van der Waals surface area contributed by atoms with Crippen molar-refractivity contribution in [3.05, 3.63) is 35.1 Å². The summed E-state index contributed by atoms with van der Waals surface area (Å²) in [4.78, 5) is 14.1. The quantitative estimate of drug-likeness (QED) is 0.831. The van der Waals surface area contributed by atoms with Crippen molar-refractivity contribution in [2.24, 2.45) is 11.8 Å². The lowest BCUT2D eigenvalue weighted by atomic mass is 9.92. The minimum absolute atomic E-state index is 0.0575. The first-order valence-corrected chi connectivity index (χ1v) is 10.2. The molecule has 2 aliphatic heterocycles. The number of nitrogens with zero attached hydrogens (tertiary/aromatic N) is 5. The summed E-state index contributed by atoms with van der Waals surface area (Å²) in [6, 6.07) is 2.18. The summed E-state index contributed by atoms with van der Waals surface area (Å²) < 4.78 is 5.53. The Bertz CT molecular complexity index is 825. The molecule has 4 heterocycles. The van der Waals surface area contributed by atoms with Crippen molar-refractivity contribution < 1.29 is 4.52 Å². The van der Waals surface area contributed by atoms with Gasteiger partial charge in [-0.15, -0.1) is 0 Å². The SMILES string of the molecule is CC(C)(C)c1cc(N2CC3CN(Cc4noc5c4CCC5)CC3C2)ncn1. The van der Waals surface area contributed by atoms with Crippen molar-refractivity contribution in [1.82, 2.24) is 20.0 Å². The fourth-order valence-electron chi connectivity index (χ4n) is 4.96. The average Bonchev–Trinajstić information content (AvgIpc) is 3.36. The largest absolute Gasteiger partial charge is 0.361 e. The van der Waals surface area contributed by atoms with E-state index in [2.05, 4.69) is 51.8 Å². The van der Waals surface area contributed by atoms with Gasteiger partial charge in [-0.1, -0.05) is 25.9 Å². The lowest BCUT2D eigenvalue weighted by molar-refractivity contribution is 0.291. The highest BCUT2D eigenvalue weighted by atomic mass is 16.5. The predicted octanol–water partition coefficient (Wildman–Crippen LogP) is 2.82. The van der Waals surface area contributed by atoms with Crippen molar-refractivity contribution >= 4 is 5.82 Å². The van der Waals surface area contributed by atoms with Crippen molar-refractivity contribution in [1.29, 1.82) is 0 Å². The Labute approximate surface area is 161 Å². The van der Waals surface area contributed by atoms with E-state index in [0.29, 0.717) is 0 Å². The molecular weight excluding hydrogens is 338 g/mol. The molecule has 0 saturated carbocycles. The number of hydrogen-bond donors (Lipinski definition) is 0. The number of likely N-dealkylation sites (tertiary alicyclic amines) is 1. The molecule has 0 N–H and O–H groups in total. The molecule has 1 aliphatic carbocycles. The Kier molecular flexibility index (Phi) is 4.00. The Morgan fingerprint density at radius 3 is 2.59 bits per heavy atom. The molecule has 0 radical (unpaired) electrons. The van der Waals surface area contributed by atoms with Gasteiger partial charge >= 0.3 is 0 Å². The third kappa shape index (κ3) is 3.14. The molecule has 2 aromatic rings. The second-order valence-corrected chi connectivity index (χ2v) is 9.52. The van der Waals surface area contributed by atoms with Crippen LogP contribution >= 0.6 is 0 Å². The Hall–Kier alpha value is -1.95. The average molecular weight is 367 g/mol. The summed E-state index contributed by atoms with van der Waals surface area (Å²) in [7, 11) is 0. The Morgan fingerprint density at radius 2 is 1.85 bits per heavy atom. The molecule has 144 valence electrons. The number of aryl methyl sites for hydroxylation is 1. The minimum Gasteiger partial charge on any atom is -0.361 e. The van der Waals surface area contributed by atoms with Crippen LogP contribution in [0.5, 0.6) is 0 Å². The van der Waals surface area contributed by atoms with Gasteiger partial charge < -0.3 is 9.42 Å². The molecule has 6 nitrogen and oxygen atoms in total. The zero-order valence-electron chi connectivity index (χ0n) is 16.6. The van der Waals surface area contributed by atoms with Gasteiger partial charge in [0.25, 0.3) is 0 Å². The first kappa shape index (κ1) is 17.2. The van der Waals surface area contributed by atoms with Crippen LogP contribution in [-0.2, 0) is 24.8 Å². The fraction of sp³-hybridized carbons (Fsp3) is 0.667. The van der Waals surface area contributed by atoms with Gasteiger partial charge in [0.15, 0.2) is 0 Å². The van der Waals surface area contributed by atoms with E-state index in [0.717, 1.165) is 74.7 Å². The Morgan fingerprint density at radius 1 is 1.07 bits per heavy atom. The molecule has 5 rings (SSSR count). The van der Waals surface area contributed by atoms with Crippen molar-refractivity contribution in [3.63, 3.8) is 0 Å².